The van der Waals surface area contributed by atoms with Crippen molar-refractivity contribution in [1.82, 2.24) is 15.2 Å². The first-order valence-corrected chi connectivity index (χ1v) is 9.84. The molecule has 0 aliphatic heterocycles. The Morgan fingerprint density at radius 2 is 2.17 bits per heavy atom. The Balaban J connectivity index is 1.64. The van der Waals surface area contributed by atoms with E-state index >= 15 is 0 Å². The zero-order valence-electron chi connectivity index (χ0n) is 13.1. The summed E-state index contributed by atoms with van der Waals surface area (Å²) in [5.41, 5.74) is 1.79. The summed E-state index contributed by atoms with van der Waals surface area (Å²) in [5, 5.41) is 15.1. The molecule has 0 aliphatic rings. The summed E-state index contributed by atoms with van der Waals surface area (Å²) < 4.78 is 1.01. The largest absolute Gasteiger partial charge is 0.300 e. The summed E-state index contributed by atoms with van der Waals surface area (Å²) >= 11 is 6.39. The van der Waals surface area contributed by atoms with Crippen molar-refractivity contribution in [3.63, 3.8) is 0 Å². The topological polar surface area (TPSA) is 67.8 Å². The Bertz CT molecular complexity index is 859. The molecule has 3 aromatic rings. The minimum absolute atomic E-state index is 0.132. The van der Waals surface area contributed by atoms with Crippen molar-refractivity contribution in [3.8, 4) is 10.6 Å². The summed E-state index contributed by atoms with van der Waals surface area (Å²) in [5.74, 6) is 0.173. The Morgan fingerprint density at radius 1 is 1.33 bits per heavy atom. The predicted molar refractivity (Wildman–Crippen MR) is 102 cm³/mol. The van der Waals surface area contributed by atoms with E-state index in [-0.39, 0.29) is 12.3 Å². The normalized spacial score (nSPS) is 11.0. The molecule has 5 nitrogen and oxygen atoms in total. The van der Waals surface area contributed by atoms with Gasteiger partial charge in [-0.2, -0.15) is 0 Å². The number of nitrogens with one attached hydrogen (secondary N) is 1. The van der Waals surface area contributed by atoms with Gasteiger partial charge in [-0.15, -0.1) is 21.5 Å². The van der Waals surface area contributed by atoms with Gasteiger partial charge in [-0.25, -0.2) is 4.98 Å². The lowest BCUT2D eigenvalue weighted by Crippen LogP contribution is -2.14. The number of anilines is 1. The summed E-state index contributed by atoms with van der Waals surface area (Å²) in [6.07, 6.45) is 0.223. The van der Waals surface area contributed by atoms with E-state index in [1.54, 1.807) is 0 Å². The van der Waals surface area contributed by atoms with Crippen LogP contribution in [-0.4, -0.2) is 21.1 Å². The maximum absolute atomic E-state index is 12.1. The number of hydrogen-bond acceptors (Lipinski definition) is 6. The molecule has 1 aromatic carbocycles. The average Bonchev–Trinajstić information content (AvgIpc) is 3.17. The molecule has 124 valence electrons. The highest BCUT2D eigenvalue weighted by Crippen LogP contribution is 2.27. The van der Waals surface area contributed by atoms with Crippen molar-refractivity contribution < 1.29 is 4.79 Å². The highest BCUT2D eigenvalue weighted by atomic mass is 79.9. The molecule has 1 N–H and O–H groups in total. The van der Waals surface area contributed by atoms with Gasteiger partial charge in [0.2, 0.25) is 11.0 Å². The first-order valence-electron chi connectivity index (χ1n) is 7.35. The molecule has 24 heavy (non-hydrogen) atoms. The van der Waals surface area contributed by atoms with Crippen LogP contribution in [0.1, 0.15) is 30.5 Å². The van der Waals surface area contributed by atoms with E-state index in [9.17, 15) is 4.79 Å². The number of amides is 1. The zero-order valence-corrected chi connectivity index (χ0v) is 16.3. The molecule has 0 aliphatic carbocycles. The van der Waals surface area contributed by atoms with Gasteiger partial charge in [0.15, 0.2) is 0 Å². The van der Waals surface area contributed by atoms with Crippen LogP contribution in [0.2, 0.25) is 0 Å². The SMILES string of the molecule is CC(C)c1nnc(NC(=O)Cc2csc(-c3cccc(Br)c3)n2)s1. The molecular weight excluding hydrogens is 408 g/mol. The molecule has 0 atom stereocenters. The third kappa shape index (κ3) is 4.25. The van der Waals surface area contributed by atoms with Crippen LogP contribution in [0.3, 0.4) is 0 Å². The first kappa shape index (κ1) is 17.2. The molecule has 2 aromatic heterocycles. The number of aromatic nitrogens is 3. The number of hydrogen-bond donors (Lipinski definition) is 1. The second-order valence-corrected chi connectivity index (χ2v) is 8.26. The van der Waals surface area contributed by atoms with Crippen LogP contribution >= 0.6 is 38.6 Å². The van der Waals surface area contributed by atoms with E-state index in [0.29, 0.717) is 11.0 Å². The molecule has 1 amide bonds. The number of rotatable bonds is 5. The summed E-state index contributed by atoms with van der Waals surface area (Å²) in [6.45, 7) is 4.09. The Morgan fingerprint density at radius 3 is 2.88 bits per heavy atom. The average molecular weight is 423 g/mol. The van der Waals surface area contributed by atoms with Crippen molar-refractivity contribution in [1.29, 1.82) is 0 Å². The lowest BCUT2D eigenvalue weighted by molar-refractivity contribution is -0.115. The van der Waals surface area contributed by atoms with Gasteiger partial charge < -0.3 is 5.32 Å². The third-order valence-electron chi connectivity index (χ3n) is 3.15. The van der Waals surface area contributed by atoms with Crippen LogP contribution in [0.5, 0.6) is 0 Å². The van der Waals surface area contributed by atoms with Crippen molar-refractivity contribution >= 4 is 49.6 Å². The van der Waals surface area contributed by atoms with E-state index < -0.39 is 0 Å². The highest BCUT2D eigenvalue weighted by Gasteiger charge is 2.13. The van der Waals surface area contributed by atoms with Gasteiger partial charge in [0.1, 0.15) is 10.0 Å². The number of carbonyl (C=O) groups excluding carboxylic acids is 1. The quantitative estimate of drug-likeness (QED) is 0.644. The minimum atomic E-state index is -0.132. The zero-order chi connectivity index (χ0) is 17.1. The molecule has 0 spiro atoms. The van der Waals surface area contributed by atoms with Crippen LogP contribution in [0.15, 0.2) is 34.1 Å². The van der Waals surface area contributed by atoms with Gasteiger partial charge in [0.25, 0.3) is 0 Å². The maximum Gasteiger partial charge on any atom is 0.232 e. The van der Waals surface area contributed by atoms with Crippen LogP contribution < -0.4 is 5.32 Å². The molecule has 8 heteroatoms. The summed E-state index contributed by atoms with van der Waals surface area (Å²) in [4.78, 5) is 16.7. The monoisotopic (exact) mass is 422 g/mol. The van der Waals surface area contributed by atoms with Crippen molar-refractivity contribution in [2.45, 2.75) is 26.2 Å². The number of nitrogens with zero attached hydrogens (tertiary/aromatic N) is 3. The lowest BCUT2D eigenvalue weighted by Gasteiger charge is -1.99. The van der Waals surface area contributed by atoms with Gasteiger partial charge in [0, 0.05) is 21.3 Å². The highest BCUT2D eigenvalue weighted by molar-refractivity contribution is 9.10. The number of halogens is 1. The molecule has 0 bridgehead atoms. The van der Waals surface area contributed by atoms with Gasteiger partial charge in [-0.1, -0.05) is 53.2 Å². The molecule has 0 unspecified atom stereocenters. The molecule has 0 fully saturated rings. The Labute approximate surface area is 156 Å². The van der Waals surface area contributed by atoms with E-state index in [2.05, 4.69) is 36.4 Å². The molecule has 0 radical (unpaired) electrons. The Kier molecular flexibility index (Phi) is 5.37. The fourth-order valence-corrected chi connectivity index (χ4v) is 3.97. The molecule has 3 rings (SSSR count). The second kappa shape index (κ2) is 7.50. The van der Waals surface area contributed by atoms with Crippen molar-refractivity contribution in [2.75, 3.05) is 5.32 Å². The summed E-state index contributed by atoms with van der Waals surface area (Å²) in [7, 11) is 0. The van der Waals surface area contributed by atoms with Crippen LogP contribution in [0, 0.1) is 0 Å². The third-order valence-corrected chi connectivity index (χ3v) is 5.72. The lowest BCUT2D eigenvalue weighted by atomic mass is 10.2. The number of carbonyl (C=O) groups is 1. The Hall–Kier alpha value is -1.64. The fraction of sp³-hybridized carbons (Fsp3) is 0.250. The fourth-order valence-electron chi connectivity index (χ4n) is 1.99. The van der Waals surface area contributed by atoms with Crippen molar-refractivity contribution in [3.05, 3.63) is 44.8 Å². The number of benzene rings is 1. The second-order valence-electron chi connectivity index (χ2n) is 5.48. The molecular formula is C16H15BrN4OS2. The molecule has 0 saturated carbocycles. The van der Waals surface area contributed by atoms with Gasteiger partial charge >= 0.3 is 0 Å². The smallest absolute Gasteiger partial charge is 0.232 e. The van der Waals surface area contributed by atoms with Gasteiger partial charge in [-0.3, -0.25) is 4.79 Å². The van der Waals surface area contributed by atoms with E-state index in [1.165, 1.54) is 22.7 Å². The van der Waals surface area contributed by atoms with Gasteiger partial charge in [-0.05, 0) is 12.1 Å². The van der Waals surface area contributed by atoms with Crippen LogP contribution in [-0.2, 0) is 11.2 Å². The number of thiazole rings is 1. The van der Waals surface area contributed by atoms with Gasteiger partial charge in [0.05, 0.1) is 12.1 Å². The van der Waals surface area contributed by atoms with E-state index in [0.717, 1.165) is 25.7 Å². The maximum atomic E-state index is 12.1. The van der Waals surface area contributed by atoms with Crippen LogP contribution in [0.25, 0.3) is 10.6 Å². The standard InChI is InChI=1S/C16H15BrN4OS2/c1-9(2)14-20-21-16(24-14)19-13(22)7-12-8-23-15(18-12)10-4-3-5-11(17)6-10/h3-6,8-9H,7H2,1-2H3,(H,19,21,22). The molecule has 0 saturated heterocycles. The predicted octanol–water partition coefficient (Wildman–Crippen LogP) is 4.73. The molecule has 2 heterocycles. The van der Waals surface area contributed by atoms with E-state index in [1.807, 2.05) is 43.5 Å². The first-order chi connectivity index (χ1) is 11.5. The van der Waals surface area contributed by atoms with Crippen molar-refractivity contribution in [2.24, 2.45) is 0 Å². The van der Waals surface area contributed by atoms with Crippen LogP contribution in [0.4, 0.5) is 5.13 Å². The summed E-state index contributed by atoms with van der Waals surface area (Å²) in [6, 6.07) is 7.95. The minimum Gasteiger partial charge on any atom is -0.300 e. The van der Waals surface area contributed by atoms with E-state index in [4.69, 9.17) is 0 Å².